The Morgan fingerprint density at radius 3 is 2.82 bits per heavy atom. The molecule has 0 saturated carbocycles. The molecule has 92 valence electrons. The van der Waals surface area contributed by atoms with Crippen LogP contribution in [0.2, 0.25) is 0 Å². The van der Waals surface area contributed by atoms with E-state index in [1.165, 1.54) is 0 Å². The summed E-state index contributed by atoms with van der Waals surface area (Å²) in [6.45, 7) is 5.37. The number of hydrogen-bond donors (Lipinski definition) is 1. The number of nitrogens with one attached hydrogen (secondary N) is 1. The molecule has 1 unspecified atom stereocenters. The monoisotopic (exact) mass is 234 g/mol. The van der Waals surface area contributed by atoms with Crippen molar-refractivity contribution < 1.29 is 9.47 Å². The Hall–Kier alpha value is -1.73. The molecule has 0 fully saturated rings. The molecule has 1 aromatic carbocycles. The van der Waals surface area contributed by atoms with Gasteiger partial charge in [0, 0.05) is 18.2 Å². The van der Waals surface area contributed by atoms with Crippen molar-refractivity contribution in [3.8, 4) is 17.6 Å². The zero-order chi connectivity index (χ0) is 12.7. The largest absolute Gasteiger partial charge is 0.497 e. The number of nitrogens with zero attached hydrogens (tertiary/aromatic N) is 1. The highest BCUT2D eigenvalue weighted by Crippen LogP contribution is 2.25. The maximum Gasteiger partial charge on any atom is 0.181 e. The van der Waals surface area contributed by atoms with E-state index in [9.17, 15) is 0 Å². The number of methoxy groups -OCH3 is 1. The Bertz CT molecular complexity index is 399. The number of rotatable bonds is 6. The highest BCUT2D eigenvalue weighted by Gasteiger charge is 2.09. The van der Waals surface area contributed by atoms with E-state index in [1.807, 2.05) is 19.1 Å². The van der Waals surface area contributed by atoms with Crippen LogP contribution in [0.25, 0.3) is 0 Å². The molecule has 1 rings (SSSR count). The first-order valence-electron chi connectivity index (χ1n) is 5.65. The lowest BCUT2D eigenvalue weighted by molar-refractivity contribution is 0.271. The van der Waals surface area contributed by atoms with Crippen LogP contribution in [0.1, 0.15) is 19.4 Å². The van der Waals surface area contributed by atoms with E-state index in [0.717, 1.165) is 17.9 Å². The zero-order valence-electron chi connectivity index (χ0n) is 10.5. The van der Waals surface area contributed by atoms with Crippen molar-refractivity contribution in [2.75, 3.05) is 13.7 Å². The van der Waals surface area contributed by atoms with E-state index in [4.69, 9.17) is 14.7 Å². The van der Waals surface area contributed by atoms with Crippen LogP contribution in [0.5, 0.6) is 11.5 Å². The van der Waals surface area contributed by atoms with Crippen molar-refractivity contribution in [1.82, 2.24) is 5.32 Å². The summed E-state index contributed by atoms with van der Waals surface area (Å²) in [5, 5.41) is 12.0. The molecule has 0 spiro atoms. The minimum Gasteiger partial charge on any atom is -0.497 e. The van der Waals surface area contributed by atoms with Crippen molar-refractivity contribution in [2.24, 2.45) is 0 Å². The topological polar surface area (TPSA) is 54.3 Å². The van der Waals surface area contributed by atoms with Crippen LogP contribution in [0, 0.1) is 11.3 Å². The summed E-state index contributed by atoms with van der Waals surface area (Å²) in [7, 11) is 1.61. The van der Waals surface area contributed by atoms with E-state index in [-0.39, 0.29) is 0 Å². The minimum absolute atomic E-state index is 0.470. The van der Waals surface area contributed by atoms with Crippen LogP contribution < -0.4 is 14.8 Å². The molecule has 1 aromatic rings. The Labute approximate surface area is 102 Å². The van der Waals surface area contributed by atoms with Crippen molar-refractivity contribution in [1.29, 1.82) is 5.26 Å². The highest BCUT2D eigenvalue weighted by atomic mass is 16.5. The fourth-order valence-electron chi connectivity index (χ4n) is 1.39. The van der Waals surface area contributed by atoms with Gasteiger partial charge < -0.3 is 14.8 Å². The van der Waals surface area contributed by atoms with Crippen LogP contribution in [-0.2, 0) is 6.54 Å². The number of hydrogen-bond acceptors (Lipinski definition) is 4. The molecule has 0 heterocycles. The van der Waals surface area contributed by atoms with Crippen LogP contribution in [0.3, 0.4) is 0 Å². The van der Waals surface area contributed by atoms with Gasteiger partial charge in [-0.3, -0.25) is 0 Å². The molecule has 4 heteroatoms. The lowest BCUT2D eigenvalue weighted by Crippen LogP contribution is -2.15. The Morgan fingerprint density at radius 2 is 2.24 bits per heavy atom. The van der Waals surface area contributed by atoms with Crippen molar-refractivity contribution in [3.05, 3.63) is 23.8 Å². The molecule has 0 aromatic heterocycles. The minimum atomic E-state index is -0.470. The normalized spacial score (nSPS) is 11.6. The van der Waals surface area contributed by atoms with Crippen LogP contribution >= 0.6 is 0 Å². The predicted molar refractivity (Wildman–Crippen MR) is 66.1 cm³/mol. The summed E-state index contributed by atoms with van der Waals surface area (Å²) in [4.78, 5) is 0. The lowest BCUT2D eigenvalue weighted by Gasteiger charge is -2.14. The summed E-state index contributed by atoms with van der Waals surface area (Å²) in [6, 6.07) is 7.69. The van der Waals surface area contributed by atoms with Gasteiger partial charge in [0.05, 0.1) is 7.11 Å². The van der Waals surface area contributed by atoms with Gasteiger partial charge >= 0.3 is 0 Å². The molecule has 0 amide bonds. The molecule has 1 atom stereocenters. The molecule has 0 aliphatic heterocycles. The second-order valence-corrected chi connectivity index (χ2v) is 3.64. The molecular formula is C13H18N2O2. The molecule has 0 saturated heterocycles. The number of benzene rings is 1. The van der Waals surface area contributed by atoms with Crippen molar-refractivity contribution in [3.63, 3.8) is 0 Å². The fraction of sp³-hybridized carbons (Fsp3) is 0.462. The second kappa shape index (κ2) is 6.77. The first kappa shape index (κ1) is 13.3. The molecule has 0 aliphatic rings. The standard InChI is InChI=1S/C13H18N2O2/c1-4-15-9-11-5-6-12(16-3)7-13(11)17-10(2)8-14/h5-7,10,15H,4,9H2,1-3H3. The Kier molecular flexibility index (Phi) is 5.31. The fourth-order valence-corrected chi connectivity index (χ4v) is 1.39. The Balaban J connectivity index is 2.90. The SMILES string of the molecule is CCNCc1ccc(OC)cc1OC(C)C#N. The van der Waals surface area contributed by atoms with Gasteiger partial charge in [-0.1, -0.05) is 13.0 Å². The third kappa shape index (κ3) is 3.97. The van der Waals surface area contributed by atoms with Crippen LogP contribution in [0.15, 0.2) is 18.2 Å². The van der Waals surface area contributed by atoms with Gasteiger partial charge in [0.25, 0.3) is 0 Å². The predicted octanol–water partition coefficient (Wildman–Crippen LogP) is 2.10. The van der Waals surface area contributed by atoms with Gasteiger partial charge in [-0.15, -0.1) is 0 Å². The first-order chi connectivity index (χ1) is 8.21. The molecule has 17 heavy (non-hydrogen) atoms. The average Bonchev–Trinajstić information content (AvgIpc) is 2.36. The quantitative estimate of drug-likeness (QED) is 0.819. The third-order valence-corrected chi connectivity index (χ3v) is 2.33. The molecule has 0 aliphatic carbocycles. The van der Waals surface area contributed by atoms with Gasteiger partial charge in [0.15, 0.2) is 6.10 Å². The van der Waals surface area contributed by atoms with Gasteiger partial charge in [-0.2, -0.15) is 5.26 Å². The van der Waals surface area contributed by atoms with E-state index < -0.39 is 6.10 Å². The summed E-state index contributed by atoms with van der Waals surface area (Å²) in [5.74, 6) is 1.42. The van der Waals surface area contributed by atoms with Gasteiger partial charge in [0.2, 0.25) is 0 Å². The maximum atomic E-state index is 8.77. The Morgan fingerprint density at radius 1 is 1.47 bits per heavy atom. The smallest absolute Gasteiger partial charge is 0.181 e. The summed E-state index contributed by atoms with van der Waals surface area (Å²) in [5.41, 5.74) is 1.02. The van der Waals surface area contributed by atoms with Crippen LogP contribution in [0.4, 0.5) is 0 Å². The first-order valence-corrected chi connectivity index (χ1v) is 5.65. The summed E-state index contributed by atoms with van der Waals surface area (Å²) >= 11 is 0. The molecule has 1 N–H and O–H groups in total. The molecule has 4 nitrogen and oxygen atoms in total. The highest BCUT2D eigenvalue weighted by molar-refractivity contribution is 5.41. The average molecular weight is 234 g/mol. The number of ether oxygens (including phenoxy) is 2. The number of nitriles is 1. The van der Waals surface area contributed by atoms with Gasteiger partial charge in [0.1, 0.15) is 17.6 Å². The van der Waals surface area contributed by atoms with Gasteiger partial charge in [-0.25, -0.2) is 0 Å². The maximum absolute atomic E-state index is 8.77. The van der Waals surface area contributed by atoms with Gasteiger partial charge in [-0.05, 0) is 19.5 Å². The summed E-state index contributed by atoms with van der Waals surface area (Å²) in [6.07, 6.45) is -0.470. The van der Waals surface area contributed by atoms with Crippen molar-refractivity contribution in [2.45, 2.75) is 26.5 Å². The second-order valence-electron chi connectivity index (χ2n) is 3.64. The van der Waals surface area contributed by atoms with E-state index in [2.05, 4.69) is 11.4 Å². The molecular weight excluding hydrogens is 216 g/mol. The molecule has 0 radical (unpaired) electrons. The molecule has 0 bridgehead atoms. The van der Waals surface area contributed by atoms with Crippen LogP contribution in [-0.4, -0.2) is 19.8 Å². The lowest BCUT2D eigenvalue weighted by atomic mass is 10.2. The third-order valence-electron chi connectivity index (χ3n) is 2.33. The van der Waals surface area contributed by atoms with E-state index in [0.29, 0.717) is 12.3 Å². The van der Waals surface area contributed by atoms with E-state index >= 15 is 0 Å². The van der Waals surface area contributed by atoms with Crippen molar-refractivity contribution >= 4 is 0 Å². The van der Waals surface area contributed by atoms with E-state index in [1.54, 1.807) is 20.1 Å². The zero-order valence-corrected chi connectivity index (χ0v) is 10.5. The summed E-state index contributed by atoms with van der Waals surface area (Å²) < 4.78 is 10.7.